The Morgan fingerprint density at radius 2 is 2.25 bits per heavy atom. The lowest BCUT2D eigenvalue weighted by Crippen LogP contribution is -1.99. The van der Waals surface area contributed by atoms with E-state index >= 15 is 0 Å². The fraction of sp³-hybridized carbons (Fsp3) is 0.125. The summed E-state index contributed by atoms with van der Waals surface area (Å²) in [7, 11) is 1.60. The quantitative estimate of drug-likeness (QED) is 0.773. The van der Waals surface area contributed by atoms with Crippen molar-refractivity contribution in [2.24, 2.45) is 7.05 Å². The predicted octanol–water partition coefficient (Wildman–Crippen LogP) is 0.624. The summed E-state index contributed by atoms with van der Waals surface area (Å²) in [5, 5.41) is 20.1. The van der Waals surface area contributed by atoms with Crippen LogP contribution >= 0.6 is 11.6 Å². The number of hydrogen-bond acceptors (Lipinski definition) is 5. The number of hydrogen-bond donors (Lipinski definition) is 1. The molecule has 0 bridgehead atoms. The Kier molecular flexibility index (Phi) is 2.53. The van der Waals surface area contributed by atoms with Gasteiger partial charge in [0.1, 0.15) is 10.8 Å². The highest BCUT2D eigenvalue weighted by atomic mass is 35.5. The molecule has 0 fully saturated rings. The average Bonchev–Trinajstić information content (AvgIpc) is 2.64. The van der Waals surface area contributed by atoms with Crippen LogP contribution in [0.4, 0.5) is 0 Å². The summed E-state index contributed by atoms with van der Waals surface area (Å²) in [6, 6.07) is 2.59. The molecule has 0 atom stereocenters. The van der Waals surface area contributed by atoms with E-state index in [1.54, 1.807) is 7.05 Å². The second-order valence-electron chi connectivity index (χ2n) is 2.97. The van der Waals surface area contributed by atoms with Crippen molar-refractivity contribution >= 4 is 17.6 Å². The first-order chi connectivity index (χ1) is 7.56. The smallest absolute Gasteiger partial charge is 0.335 e. The summed E-state index contributed by atoms with van der Waals surface area (Å²) in [5.74, 6) is -0.859. The molecule has 7 nitrogen and oxygen atoms in total. The SMILES string of the molecule is Cn1nnc(-c2cc(C(=O)O)cc(Cl)n2)n1. The van der Waals surface area contributed by atoms with Crippen molar-refractivity contribution in [2.45, 2.75) is 0 Å². The molecule has 2 rings (SSSR count). The number of carbonyl (C=O) groups is 1. The Hall–Kier alpha value is -2.02. The molecular weight excluding hydrogens is 234 g/mol. The van der Waals surface area contributed by atoms with Gasteiger partial charge in [-0.05, 0) is 17.3 Å². The molecule has 2 aromatic rings. The molecule has 82 valence electrons. The normalized spacial score (nSPS) is 10.4. The first-order valence-electron chi connectivity index (χ1n) is 4.21. The zero-order valence-corrected chi connectivity index (χ0v) is 8.88. The van der Waals surface area contributed by atoms with Gasteiger partial charge in [0.15, 0.2) is 0 Å². The molecule has 0 saturated carbocycles. The first kappa shape index (κ1) is 10.5. The van der Waals surface area contributed by atoms with E-state index in [9.17, 15) is 4.79 Å². The molecule has 0 aliphatic rings. The van der Waals surface area contributed by atoms with Crippen LogP contribution in [0.5, 0.6) is 0 Å². The maximum atomic E-state index is 10.8. The summed E-state index contributed by atoms with van der Waals surface area (Å²) in [4.78, 5) is 16.0. The van der Waals surface area contributed by atoms with Crippen molar-refractivity contribution in [3.05, 3.63) is 22.8 Å². The van der Waals surface area contributed by atoms with Crippen LogP contribution in [0.3, 0.4) is 0 Å². The lowest BCUT2D eigenvalue weighted by Gasteiger charge is -1.98. The van der Waals surface area contributed by atoms with Crippen LogP contribution in [0, 0.1) is 0 Å². The highest BCUT2D eigenvalue weighted by Crippen LogP contribution is 2.17. The van der Waals surface area contributed by atoms with Gasteiger partial charge in [-0.25, -0.2) is 9.78 Å². The van der Waals surface area contributed by atoms with Gasteiger partial charge in [-0.1, -0.05) is 11.6 Å². The van der Waals surface area contributed by atoms with Crippen molar-refractivity contribution < 1.29 is 9.90 Å². The molecule has 0 aliphatic carbocycles. The molecule has 0 saturated heterocycles. The number of tetrazole rings is 1. The van der Waals surface area contributed by atoms with Crippen LogP contribution in [0.15, 0.2) is 12.1 Å². The van der Waals surface area contributed by atoms with Gasteiger partial charge in [0.05, 0.1) is 12.6 Å². The Bertz CT molecular complexity index is 553. The van der Waals surface area contributed by atoms with E-state index in [-0.39, 0.29) is 22.2 Å². The first-order valence-corrected chi connectivity index (χ1v) is 4.59. The highest BCUT2D eigenvalue weighted by molar-refractivity contribution is 6.29. The zero-order chi connectivity index (χ0) is 11.7. The summed E-state index contributed by atoms with van der Waals surface area (Å²) in [5.41, 5.74) is 0.306. The number of nitrogens with zero attached hydrogens (tertiary/aromatic N) is 5. The number of aromatic nitrogens is 5. The second kappa shape index (κ2) is 3.86. The molecule has 0 amide bonds. The van der Waals surface area contributed by atoms with Gasteiger partial charge < -0.3 is 5.11 Å². The number of halogens is 1. The lowest BCUT2D eigenvalue weighted by molar-refractivity contribution is 0.0697. The molecule has 8 heteroatoms. The Balaban J connectivity index is 2.53. The van der Waals surface area contributed by atoms with E-state index in [0.717, 1.165) is 0 Å². The molecule has 16 heavy (non-hydrogen) atoms. The van der Waals surface area contributed by atoms with Gasteiger partial charge in [-0.3, -0.25) is 0 Å². The standard InChI is InChI=1S/C8H6ClN5O2/c1-14-12-7(11-13-14)5-2-4(8(15)16)3-6(9)10-5/h2-3H,1H3,(H,15,16). The largest absolute Gasteiger partial charge is 0.478 e. The fourth-order valence-electron chi connectivity index (χ4n) is 1.12. The van der Waals surface area contributed by atoms with Crippen molar-refractivity contribution in [1.29, 1.82) is 0 Å². The Morgan fingerprint density at radius 3 is 2.81 bits per heavy atom. The Labute approximate surface area is 94.7 Å². The van der Waals surface area contributed by atoms with Crippen LogP contribution in [-0.2, 0) is 7.05 Å². The van der Waals surface area contributed by atoms with E-state index in [1.165, 1.54) is 16.9 Å². The monoisotopic (exact) mass is 239 g/mol. The topological polar surface area (TPSA) is 93.8 Å². The van der Waals surface area contributed by atoms with E-state index in [2.05, 4.69) is 20.4 Å². The van der Waals surface area contributed by atoms with Gasteiger partial charge in [0, 0.05) is 0 Å². The third-order valence-corrected chi connectivity index (χ3v) is 1.97. The number of pyridine rings is 1. The zero-order valence-electron chi connectivity index (χ0n) is 8.12. The Morgan fingerprint density at radius 1 is 1.50 bits per heavy atom. The van der Waals surface area contributed by atoms with Crippen LogP contribution in [0.25, 0.3) is 11.5 Å². The van der Waals surface area contributed by atoms with Crippen molar-refractivity contribution in [3.63, 3.8) is 0 Å². The van der Waals surface area contributed by atoms with Crippen LogP contribution < -0.4 is 0 Å². The van der Waals surface area contributed by atoms with Gasteiger partial charge in [-0.15, -0.1) is 10.2 Å². The molecule has 2 heterocycles. The second-order valence-corrected chi connectivity index (χ2v) is 3.36. The number of aromatic carboxylic acids is 1. The van der Waals surface area contributed by atoms with Gasteiger partial charge in [0.25, 0.3) is 0 Å². The minimum absolute atomic E-state index is 0.0300. The summed E-state index contributed by atoms with van der Waals surface area (Å²) in [6.45, 7) is 0. The summed E-state index contributed by atoms with van der Waals surface area (Å²) < 4.78 is 0. The minimum Gasteiger partial charge on any atom is -0.478 e. The number of carboxylic acids is 1. The van der Waals surface area contributed by atoms with Gasteiger partial charge >= 0.3 is 5.97 Å². The maximum Gasteiger partial charge on any atom is 0.335 e. The van der Waals surface area contributed by atoms with Crippen LogP contribution in [0.2, 0.25) is 5.15 Å². The minimum atomic E-state index is -1.09. The van der Waals surface area contributed by atoms with Gasteiger partial charge in [0.2, 0.25) is 5.82 Å². The maximum absolute atomic E-state index is 10.8. The lowest BCUT2D eigenvalue weighted by atomic mass is 10.2. The van der Waals surface area contributed by atoms with E-state index in [0.29, 0.717) is 0 Å². The van der Waals surface area contributed by atoms with Crippen LogP contribution in [0.1, 0.15) is 10.4 Å². The number of aryl methyl sites for hydroxylation is 1. The van der Waals surface area contributed by atoms with Crippen molar-refractivity contribution in [2.75, 3.05) is 0 Å². The average molecular weight is 240 g/mol. The van der Waals surface area contributed by atoms with Gasteiger partial charge in [-0.2, -0.15) is 4.80 Å². The van der Waals surface area contributed by atoms with Crippen molar-refractivity contribution in [1.82, 2.24) is 25.2 Å². The summed E-state index contributed by atoms with van der Waals surface area (Å²) in [6.07, 6.45) is 0. The third kappa shape index (κ3) is 1.98. The molecule has 0 aliphatic heterocycles. The molecule has 1 N–H and O–H groups in total. The molecule has 0 spiro atoms. The molecule has 0 unspecified atom stereocenters. The molecule has 0 aromatic carbocycles. The molecular formula is C8H6ClN5O2. The predicted molar refractivity (Wildman–Crippen MR) is 54.0 cm³/mol. The van der Waals surface area contributed by atoms with Crippen molar-refractivity contribution in [3.8, 4) is 11.5 Å². The molecule has 0 radical (unpaired) electrons. The van der Waals surface area contributed by atoms with E-state index < -0.39 is 5.97 Å². The third-order valence-electron chi connectivity index (χ3n) is 1.78. The van der Waals surface area contributed by atoms with E-state index in [4.69, 9.17) is 16.7 Å². The number of rotatable bonds is 2. The highest BCUT2D eigenvalue weighted by Gasteiger charge is 2.12. The number of carboxylic acid groups (broad SMARTS) is 1. The van der Waals surface area contributed by atoms with E-state index in [1.807, 2.05) is 0 Å². The molecule has 2 aromatic heterocycles. The summed E-state index contributed by atoms with van der Waals surface area (Å²) >= 11 is 5.69. The fourth-order valence-corrected chi connectivity index (χ4v) is 1.33. The van der Waals surface area contributed by atoms with Crippen LogP contribution in [-0.4, -0.2) is 36.3 Å².